The number of nitrogens with zero attached hydrogens (tertiary/aromatic N) is 8. The molecule has 2 N–H and O–H groups in total. The maximum Gasteiger partial charge on any atom is 0.318 e. The van der Waals surface area contributed by atoms with E-state index in [1.165, 1.54) is 16.8 Å². The molecule has 0 radical (unpaired) electrons. The summed E-state index contributed by atoms with van der Waals surface area (Å²) in [5, 5.41) is 17.4. The van der Waals surface area contributed by atoms with Gasteiger partial charge < -0.3 is 39.0 Å². The van der Waals surface area contributed by atoms with Crippen molar-refractivity contribution in [1.82, 2.24) is 30.0 Å². The normalized spacial score (nSPS) is 21.4. The maximum absolute atomic E-state index is 13.3. The topological polar surface area (TPSA) is 212 Å². The first kappa shape index (κ1) is 48.1. The highest BCUT2D eigenvalue weighted by Crippen LogP contribution is 2.36. The molecule has 3 aromatic carbocycles. The summed E-state index contributed by atoms with van der Waals surface area (Å²) in [4.78, 5) is 82.8. The lowest BCUT2D eigenvalue weighted by molar-refractivity contribution is -0.136. The van der Waals surface area contributed by atoms with Gasteiger partial charge in [0.05, 0.1) is 81.0 Å². The van der Waals surface area contributed by atoms with E-state index in [0.29, 0.717) is 84.1 Å². The molecule has 1 unspecified atom stereocenters. The van der Waals surface area contributed by atoms with Crippen LogP contribution in [0.4, 0.5) is 17.2 Å². The lowest BCUT2D eigenvalue weighted by atomic mass is 10.0. The number of likely N-dealkylation sites (N-methyl/N-ethyl adjacent to an activating group) is 1. The first-order chi connectivity index (χ1) is 34.1. The van der Waals surface area contributed by atoms with Gasteiger partial charge in [-0.05, 0) is 56.0 Å². The molecule has 4 aromatic rings. The zero-order valence-electron chi connectivity index (χ0n) is 39.3. The second kappa shape index (κ2) is 21.8. The number of amides is 5. The molecule has 5 aliphatic rings. The first-order valence-electron chi connectivity index (χ1n) is 24.0. The molecule has 70 heavy (non-hydrogen) atoms. The molecule has 0 saturated carbocycles. The van der Waals surface area contributed by atoms with Crippen LogP contribution in [0.3, 0.4) is 0 Å². The van der Waals surface area contributed by atoms with Crippen LogP contribution in [0.5, 0.6) is 6.01 Å². The molecule has 9 rings (SSSR count). The largest absolute Gasteiger partial charge is 0.462 e. The number of ether oxygens (including phenoxy) is 4. The number of fused-ring (bicyclic) bond motifs is 3. The Kier molecular flexibility index (Phi) is 14.9. The Bertz CT molecular complexity index is 2690. The standard InChI is InChI=1S/C51H58N10O9/c1-3-45(63)60-22-21-59(29-34(60)16-18-52)47-38-17-20-58(42-13-6-9-33-8-4-5-10-37(33)42)31-41(38)54-51(56-47)70-32-35-28-36(30-57(35)2)69-27-26-68-25-24-67-23-19-53-40-12-7-11-39-46(40)50(66)61(49(39)65)43-14-15-44(62)55-48(43)64/h3-13,34-36,43,53H,1,14-17,19-32H2,2H3,(H,55,62,64)/t34-,35-,36+,43?/m0/s1. The number of benzene rings is 3. The first-order valence-corrected chi connectivity index (χ1v) is 24.0. The van der Waals surface area contributed by atoms with Crippen LogP contribution >= 0.6 is 0 Å². The average Bonchev–Trinajstić information content (AvgIpc) is 3.86. The van der Waals surface area contributed by atoms with Crippen LogP contribution in [-0.2, 0) is 41.6 Å². The molecule has 0 aliphatic carbocycles. The zero-order valence-corrected chi connectivity index (χ0v) is 39.3. The third-order valence-electron chi connectivity index (χ3n) is 13.7. The number of likely N-dealkylation sites (tertiary alicyclic amines) is 1. The lowest BCUT2D eigenvalue weighted by Gasteiger charge is -2.42. The molecule has 3 saturated heterocycles. The smallest absolute Gasteiger partial charge is 0.318 e. The molecule has 3 fully saturated rings. The summed E-state index contributed by atoms with van der Waals surface area (Å²) < 4.78 is 24.2. The molecule has 4 atom stereocenters. The van der Waals surface area contributed by atoms with Gasteiger partial charge in [0.1, 0.15) is 18.5 Å². The number of hydrogen-bond donors (Lipinski definition) is 2. The van der Waals surface area contributed by atoms with Gasteiger partial charge in [-0.25, -0.2) is 0 Å². The number of nitriles is 1. The minimum absolute atomic E-state index is 0.0110. The molecule has 6 heterocycles. The van der Waals surface area contributed by atoms with Gasteiger partial charge in [0.15, 0.2) is 0 Å². The summed E-state index contributed by atoms with van der Waals surface area (Å²) in [7, 11) is 2.05. The highest BCUT2D eigenvalue weighted by molar-refractivity contribution is 6.25. The molecule has 5 amide bonds. The van der Waals surface area contributed by atoms with Crippen molar-refractivity contribution in [2.24, 2.45) is 0 Å². The number of aromatic nitrogens is 2. The third-order valence-corrected chi connectivity index (χ3v) is 13.7. The second-order valence-corrected chi connectivity index (χ2v) is 18.1. The summed E-state index contributed by atoms with van der Waals surface area (Å²) in [5.41, 5.74) is 3.99. The van der Waals surface area contributed by atoms with Gasteiger partial charge in [-0.15, -0.1) is 0 Å². The number of rotatable bonds is 19. The van der Waals surface area contributed by atoms with E-state index in [-0.39, 0.29) is 54.5 Å². The fraction of sp³-hybridized carbons (Fsp3) is 0.451. The van der Waals surface area contributed by atoms with Gasteiger partial charge in [0.2, 0.25) is 17.7 Å². The van der Waals surface area contributed by atoms with Crippen molar-refractivity contribution in [3.63, 3.8) is 0 Å². The molecule has 19 nitrogen and oxygen atoms in total. The van der Waals surface area contributed by atoms with Crippen LogP contribution < -0.4 is 25.2 Å². The number of carbonyl (C=O) groups is 5. The van der Waals surface area contributed by atoms with E-state index in [1.54, 1.807) is 23.1 Å². The SMILES string of the molecule is C=CC(=O)N1CCN(c2nc(OC[C@@H]3C[C@@H](OCCOCCOCCNc4cccc5c4C(=O)N(C4CCC(=O)NC4=O)C5=O)CN3C)nc3c2CCN(c2cccc4ccccc24)C3)C[C@@H]1CC#N. The van der Waals surface area contributed by atoms with E-state index < -0.39 is 29.7 Å². The van der Waals surface area contributed by atoms with Crippen molar-refractivity contribution in [2.45, 2.75) is 62.9 Å². The summed E-state index contributed by atoms with van der Waals surface area (Å²) >= 11 is 0. The Morgan fingerprint density at radius 2 is 1.70 bits per heavy atom. The Labute approximate surface area is 406 Å². The van der Waals surface area contributed by atoms with E-state index in [2.05, 4.69) is 87.5 Å². The van der Waals surface area contributed by atoms with Crippen molar-refractivity contribution in [1.29, 1.82) is 5.26 Å². The monoisotopic (exact) mass is 954 g/mol. The van der Waals surface area contributed by atoms with Crippen molar-refractivity contribution in [3.05, 3.63) is 95.7 Å². The van der Waals surface area contributed by atoms with Gasteiger partial charge in [-0.2, -0.15) is 15.2 Å². The lowest BCUT2D eigenvalue weighted by Crippen LogP contribution is -2.55. The van der Waals surface area contributed by atoms with Crippen LogP contribution in [0, 0.1) is 11.3 Å². The summed E-state index contributed by atoms with van der Waals surface area (Å²) in [6, 6.07) is 21.0. The molecule has 19 heteroatoms. The van der Waals surface area contributed by atoms with E-state index in [4.69, 9.17) is 28.9 Å². The molecular weight excluding hydrogens is 897 g/mol. The molecular formula is C51H58N10O9. The van der Waals surface area contributed by atoms with Crippen molar-refractivity contribution in [2.75, 3.05) is 101 Å². The van der Waals surface area contributed by atoms with Gasteiger partial charge in [-0.3, -0.25) is 39.1 Å². The van der Waals surface area contributed by atoms with Gasteiger partial charge in [0.25, 0.3) is 11.8 Å². The van der Waals surface area contributed by atoms with Crippen LogP contribution in [-0.4, -0.2) is 164 Å². The summed E-state index contributed by atoms with van der Waals surface area (Å²) in [6.45, 7) is 9.81. The quantitative estimate of drug-likeness (QED) is 0.0784. The number of anilines is 3. The Morgan fingerprint density at radius 3 is 2.53 bits per heavy atom. The van der Waals surface area contributed by atoms with Crippen molar-refractivity contribution < 1.29 is 42.9 Å². The maximum atomic E-state index is 13.3. The zero-order chi connectivity index (χ0) is 48.7. The Balaban J connectivity index is 0.737. The number of carbonyl (C=O) groups excluding carboxylic acids is 5. The number of piperidine rings is 1. The van der Waals surface area contributed by atoms with E-state index >= 15 is 0 Å². The van der Waals surface area contributed by atoms with E-state index in [0.717, 1.165) is 53.6 Å². The predicted octanol–water partition coefficient (Wildman–Crippen LogP) is 3.32. The average molecular weight is 955 g/mol. The van der Waals surface area contributed by atoms with Crippen LogP contribution in [0.15, 0.2) is 73.3 Å². The minimum Gasteiger partial charge on any atom is -0.462 e. The molecule has 0 spiro atoms. The van der Waals surface area contributed by atoms with Gasteiger partial charge in [0, 0.05) is 74.1 Å². The van der Waals surface area contributed by atoms with Crippen LogP contribution in [0.1, 0.15) is 57.7 Å². The van der Waals surface area contributed by atoms with Gasteiger partial charge >= 0.3 is 6.01 Å². The Morgan fingerprint density at radius 1 is 0.900 bits per heavy atom. The summed E-state index contributed by atoms with van der Waals surface area (Å²) in [6.07, 6.45) is 3.13. The van der Waals surface area contributed by atoms with E-state index in [9.17, 15) is 29.2 Å². The fourth-order valence-corrected chi connectivity index (χ4v) is 10.2. The number of piperazine rings is 1. The van der Waals surface area contributed by atoms with Crippen LogP contribution in [0.2, 0.25) is 0 Å². The third kappa shape index (κ3) is 10.3. The van der Waals surface area contributed by atoms with Crippen molar-refractivity contribution in [3.8, 4) is 12.1 Å². The number of nitrogens with one attached hydrogen (secondary N) is 2. The molecule has 5 aliphatic heterocycles. The molecule has 366 valence electrons. The predicted molar refractivity (Wildman–Crippen MR) is 258 cm³/mol. The molecule has 1 aromatic heterocycles. The second-order valence-electron chi connectivity index (χ2n) is 18.1. The highest BCUT2D eigenvalue weighted by atomic mass is 16.5. The minimum atomic E-state index is -1.03. The highest BCUT2D eigenvalue weighted by Gasteiger charge is 2.46. The van der Waals surface area contributed by atoms with Crippen molar-refractivity contribution >= 4 is 57.5 Å². The van der Waals surface area contributed by atoms with E-state index in [1.807, 2.05) is 0 Å². The van der Waals surface area contributed by atoms with Crippen LogP contribution in [0.25, 0.3) is 10.8 Å². The summed E-state index contributed by atoms with van der Waals surface area (Å²) in [5.74, 6) is -1.58. The Hall–Kier alpha value is -6.98. The fourth-order valence-electron chi connectivity index (χ4n) is 10.2. The number of imide groups is 2. The van der Waals surface area contributed by atoms with Gasteiger partial charge in [-0.1, -0.05) is 49.0 Å². The number of hydrogen-bond acceptors (Lipinski definition) is 16. The molecule has 0 bridgehead atoms.